The van der Waals surface area contributed by atoms with Gasteiger partial charge in [0.2, 0.25) is 21.8 Å². The largest absolute Gasteiger partial charge is 0.478 e. The second-order valence-corrected chi connectivity index (χ2v) is 9.24. The summed E-state index contributed by atoms with van der Waals surface area (Å²) in [7, 11) is -4.25. The number of rotatable bonds is 12. The van der Waals surface area contributed by atoms with E-state index >= 15 is 0 Å². The van der Waals surface area contributed by atoms with Crippen molar-refractivity contribution in [3.8, 4) is 0 Å². The molecule has 0 aliphatic carbocycles. The van der Waals surface area contributed by atoms with Crippen LogP contribution in [-0.4, -0.2) is 62.8 Å². The van der Waals surface area contributed by atoms with Gasteiger partial charge in [0.05, 0.1) is 4.90 Å². The second-order valence-electron chi connectivity index (χ2n) is 7.56. The molecule has 12 nitrogen and oxygen atoms in total. The second kappa shape index (κ2) is 11.2. The number of oxime groups is 1. The van der Waals surface area contributed by atoms with E-state index in [0.29, 0.717) is 25.9 Å². The van der Waals surface area contributed by atoms with Crippen molar-refractivity contribution in [1.29, 1.82) is 0 Å². The summed E-state index contributed by atoms with van der Waals surface area (Å²) >= 11 is 0. The average Bonchev–Trinajstić information content (AvgIpc) is 3.35. The number of unbranched alkanes of at least 4 members (excludes halogenated alkanes) is 1. The van der Waals surface area contributed by atoms with Gasteiger partial charge in [-0.2, -0.15) is 4.72 Å². The van der Waals surface area contributed by atoms with Crippen LogP contribution < -0.4 is 26.0 Å². The highest BCUT2D eigenvalue weighted by molar-refractivity contribution is 7.89. The lowest BCUT2D eigenvalue weighted by Gasteiger charge is -2.32. The van der Waals surface area contributed by atoms with Crippen molar-refractivity contribution in [2.45, 2.75) is 48.6 Å². The van der Waals surface area contributed by atoms with Crippen molar-refractivity contribution >= 4 is 28.1 Å². The molecule has 2 heterocycles. The first kappa shape index (κ1) is 24.6. The van der Waals surface area contributed by atoms with Crippen LogP contribution in [0.4, 0.5) is 0 Å². The van der Waals surface area contributed by atoms with Crippen molar-refractivity contribution in [3.05, 3.63) is 42.6 Å². The Bertz CT molecular complexity index is 978. The average molecular weight is 481 g/mol. The quantitative estimate of drug-likeness (QED) is 0.169. The zero-order valence-electron chi connectivity index (χ0n) is 17.9. The fraction of sp³-hybridized carbons (Fsp3) is 0.450. The molecular formula is C20H28N6O6S. The fourth-order valence-corrected chi connectivity index (χ4v) is 4.67. The summed E-state index contributed by atoms with van der Waals surface area (Å²) in [5.41, 5.74) is -2.26. The molecule has 3 atom stereocenters. The van der Waals surface area contributed by atoms with Crippen LogP contribution in [0.2, 0.25) is 0 Å². The van der Waals surface area contributed by atoms with Gasteiger partial charge in [0.1, 0.15) is 6.29 Å². The lowest BCUT2D eigenvalue weighted by molar-refractivity contribution is -0.151. The van der Waals surface area contributed by atoms with Gasteiger partial charge in [-0.05, 0) is 44.1 Å². The zero-order valence-corrected chi connectivity index (χ0v) is 18.7. The number of nitrogens with one attached hydrogen (secondary N) is 5. The molecule has 0 saturated carbocycles. The summed E-state index contributed by atoms with van der Waals surface area (Å²) in [6.07, 6.45) is 4.82. The van der Waals surface area contributed by atoms with Crippen molar-refractivity contribution in [2.75, 3.05) is 13.1 Å². The van der Waals surface area contributed by atoms with E-state index in [9.17, 15) is 23.1 Å². The molecule has 33 heavy (non-hydrogen) atoms. The number of hydrogen-bond acceptors (Lipinski definition) is 9. The Kier molecular flexibility index (Phi) is 8.38. The number of carboxylic acid groups (broad SMARTS) is 1. The predicted molar refractivity (Wildman–Crippen MR) is 119 cm³/mol. The Morgan fingerprint density at radius 2 is 2.03 bits per heavy atom. The van der Waals surface area contributed by atoms with Gasteiger partial charge in [-0.25, -0.2) is 13.2 Å². The molecule has 0 fully saturated rings. The molecule has 3 rings (SSSR count). The van der Waals surface area contributed by atoms with E-state index in [0.717, 1.165) is 0 Å². The number of carbonyl (C=O) groups excluding carboxylic acids is 1. The summed E-state index contributed by atoms with van der Waals surface area (Å²) in [4.78, 5) is 29.8. The van der Waals surface area contributed by atoms with Gasteiger partial charge in [0.25, 0.3) is 5.91 Å². The minimum absolute atomic E-state index is 0.116. The molecule has 0 radical (unpaired) electrons. The molecule has 0 bridgehead atoms. The number of nitrogens with zero attached hydrogens (tertiary/aromatic N) is 1. The molecule has 1 amide bonds. The monoisotopic (exact) mass is 480 g/mol. The molecule has 6 N–H and O–H groups in total. The highest BCUT2D eigenvalue weighted by atomic mass is 32.2. The fourth-order valence-electron chi connectivity index (χ4n) is 3.34. The van der Waals surface area contributed by atoms with Crippen molar-refractivity contribution in [2.24, 2.45) is 5.16 Å². The third-order valence-electron chi connectivity index (χ3n) is 5.09. The van der Waals surface area contributed by atoms with Gasteiger partial charge >= 0.3 is 5.97 Å². The Morgan fingerprint density at radius 3 is 2.67 bits per heavy atom. The smallest absolute Gasteiger partial charge is 0.345 e. The molecule has 1 aromatic rings. The van der Waals surface area contributed by atoms with Crippen LogP contribution in [0, 0.1) is 0 Å². The number of carboxylic acids is 1. The van der Waals surface area contributed by atoms with Crippen LogP contribution in [0.25, 0.3) is 0 Å². The summed E-state index contributed by atoms with van der Waals surface area (Å²) in [6, 6.07) is 7.36. The highest BCUT2D eigenvalue weighted by Crippen LogP contribution is 2.19. The SMILES string of the molecule is O=C(NC(CCCCNC1NC=CCN1)(NS(=O)(=O)c1ccccc1)C(=O)O)C1CC=NO1. The van der Waals surface area contributed by atoms with Crippen LogP contribution in [0.5, 0.6) is 0 Å². The Labute approximate surface area is 191 Å². The topological polar surface area (TPSA) is 170 Å². The molecule has 0 saturated heterocycles. The maximum Gasteiger partial charge on any atom is 0.345 e. The lowest BCUT2D eigenvalue weighted by atomic mass is 10.0. The van der Waals surface area contributed by atoms with Gasteiger partial charge in [0.15, 0.2) is 0 Å². The Morgan fingerprint density at radius 1 is 1.24 bits per heavy atom. The third kappa shape index (κ3) is 6.74. The number of amides is 1. The van der Waals surface area contributed by atoms with Gasteiger partial charge in [-0.15, -0.1) is 0 Å². The predicted octanol–water partition coefficient (Wildman–Crippen LogP) is -0.613. The molecule has 0 aromatic heterocycles. The third-order valence-corrected chi connectivity index (χ3v) is 6.60. The van der Waals surface area contributed by atoms with Crippen LogP contribution in [-0.2, 0) is 24.4 Å². The Balaban J connectivity index is 1.70. The summed E-state index contributed by atoms with van der Waals surface area (Å²) in [5, 5.41) is 25.4. The van der Waals surface area contributed by atoms with Crippen LogP contribution in [0.1, 0.15) is 25.7 Å². The number of sulfonamides is 1. The molecule has 0 spiro atoms. The maximum absolute atomic E-state index is 12.9. The normalized spacial score (nSPS) is 21.6. The lowest BCUT2D eigenvalue weighted by Crippen LogP contribution is -2.66. The molecule has 2 aliphatic heterocycles. The van der Waals surface area contributed by atoms with Crippen LogP contribution >= 0.6 is 0 Å². The van der Waals surface area contributed by atoms with E-state index in [1.165, 1.54) is 30.5 Å². The first-order valence-corrected chi connectivity index (χ1v) is 12.0. The number of carbonyl (C=O) groups is 2. The van der Waals surface area contributed by atoms with Crippen molar-refractivity contribution in [1.82, 2.24) is 26.0 Å². The maximum atomic E-state index is 12.9. The van der Waals surface area contributed by atoms with E-state index in [4.69, 9.17) is 4.84 Å². The van der Waals surface area contributed by atoms with Crippen molar-refractivity contribution in [3.63, 3.8) is 0 Å². The molecule has 2 aliphatic rings. The first-order valence-electron chi connectivity index (χ1n) is 10.5. The molecule has 1 aromatic carbocycles. The van der Waals surface area contributed by atoms with Crippen molar-refractivity contribution < 1.29 is 28.0 Å². The van der Waals surface area contributed by atoms with E-state index in [-0.39, 0.29) is 24.0 Å². The number of hydrogen-bond donors (Lipinski definition) is 6. The minimum atomic E-state index is -4.25. The highest BCUT2D eigenvalue weighted by Gasteiger charge is 2.45. The molecule has 13 heteroatoms. The summed E-state index contributed by atoms with van der Waals surface area (Å²) in [6.45, 7) is 1.25. The number of benzene rings is 1. The zero-order chi connectivity index (χ0) is 23.7. The first-order chi connectivity index (χ1) is 15.8. The minimum Gasteiger partial charge on any atom is -0.478 e. The van der Waals surface area contributed by atoms with E-state index in [1.54, 1.807) is 6.07 Å². The van der Waals surface area contributed by atoms with Gasteiger partial charge in [-0.3, -0.25) is 15.4 Å². The van der Waals surface area contributed by atoms with Crippen LogP contribution in [0.3, 0.4) is 0 Å². The van der Waals surface area contributed by atoms with Gasteiger partial charge < -0.3 is 20.6 Å². The number of aliphatic carboxylic acids is 1. The van der Waals surface area contributed by atoms with E-state index < -0.39 is 33.7 Å². The van der Waals surface area contributed by atoms with E-state index in [2.05, 4.69) is 31.1 Å². The summed E-state index contributed by atoms with van der Waals surface area (Å²) in [5.74, 6) is -2.30. The molecule has 3 unspecified atom stereocenters. The van der Waals surface area contributed by atoms with E-state index in [1.807, 2.05) is 12.3 Å². The Hall–Kier alpha value is -3.00. The summed E-state index contributed by atoms with van der Waals surface area (Å²) < 4.78 is 28.1. The van der Waals surface area contributed by atoms with Gasteiger partial charge in [-0.1, -0.05) is 29.4 Å². The molecular weight excluding hydrogens is 452 g/mol. The standard InChI is InChI=1S/C20H28N6O6S/c27-17(16-9-14-24-32-16)25-20(18(28)29,26-33(30,31)15-7-2-1-3-8-15)10-4-5-11-21-19-22-12-6-13-23-19/h1-3,6-8,12,14,16,19,21-23,26H,4-5,9-11,13H2,(H,25,27)(H,28,29). The van der Waals surface area contributed by atoms with Gasteiger partial charge in [0, 0.05) is 19.2 Å². The molecule has 180 valence electrons. The van der Waals surface area contributed by atoms with Crippen LogP contribution in [0.15, 0.2) is 52.7 Å².